The first-order valence-electron chi connectivity index (χ1n) is 7.41. The van der Waals surface area contributed by atoms with Crippen LogP contribution in [0.15, 0.2) is 59.7 Å². The van der Waals surface area contributed by atoms with Gasteiger partial charge in [-0.15, -0.1) is 24.0 Å². The van der Waals surface area contributed by atoms with Crippen LogP contribution in [0.1, 0.15) is 5.69 Å². The standard InChI is InChI=1S/C17H21N5O.HI/c1-22(12-10-14-7-5-6-11-19-14)16(23)13-20-17(18)21-15-8-3-2-4-9-15;/h2-9,11H,10,12-13H2,1H3,(H3,18,20,21);1H. The van der Waals surface area contributed by atoms with Gasteiger partial charge < -0.3 is 16.0 Å². The van der Waals surface area contributed by atoms with Crippen LogP contribution in [0.2, 0.25) is 0 Å². The number of guanidine groups is 1. The molecule has 0 fully saturated rings. The number of nitrogens with one attached hydrogen (secondary N) is 1. The fraction of sp³-hybridized carbons (Fsp3) is 0.235. The molecule has 0 aliphatic carbocycles. The highest BCUT2D eigenvalue weighted by atomic mass is 127. The summed E-state index contributed by atoms with van der Waals surface area (Å²) in [7, 11) is 1.75. The number of amides is 1. The number of carbonyl (C=O) groups is 1. The number of carbonyl (C=O) groups excluding carboxylic acids is 1. The fourth-order valence-electron chi connectivity index (χ4n) is 1.94. The molecule has 1 aromatic carbocycles. The third-order valence-electron chi connectivity index (χ3n) is 3.29. The molecule has 6 nitrogen and oxygen atoms in total. The Morgan fingerprint density at radius 2 is 1.92 bits per heavy atom. The van der Waals surface area contributed by atoms with Gasteiger partial charge in [0.2, 0.25) is 5.91 Å². The summed E-state index contributed by atoms with van der Waals surface area (Å²) in [5.74, 6) is 0.140. The highest BCUT2D eigenvalue weighted by Crippen LogP contribution is 2.03. The molecule has 0 spiro atoms. The summed E-state index contributed by atoms with van der Waals surface area (Å²) in [5.41, 5.74) is 7.57. The molecule has 0 atom stereocenters. The second-order valence-electron chi connectivity index (χ2n) is 5.08. The topological polar surface area (TPSA) is 83.6 Å². The summed E-state index contributed by atoms with van der Waals surface area (Å²) < 4.78 is 0. The molecule has 0 radical (unpaired) electrons. The Labute approximate surface area is 159 Å². The van der Waals surface area contributed by atoms with E-state index in [-0.39, 0.29) is 42.4 Å². The van der Waals surface area contributed by atoms with Gasteiger partial charge in [-0.25, -0.2) is 4.99 Å². The number of pyridine rings is 1. The molecule has 0 aliphatic heterocycles. The Hall–Kier alpha value is -2.16. The lowest BCUT2D eigenvalue weighted by atomic mass is 10.2. The van der Waals surface area contributed by atoms with Gasteiger partial charge in [-0.05, 0) is 24.3 Å². The predicted octanol–water partition coefficient (Wildman–Crippen LogP) is 2.13. The quantitative estimate of drug-likeness (QED) is 0.411. The molecular formula is C17H22IN5O. The van der Waals surface area contributed by atoms with Crippen LogP contribution in [-0.2, 0) is 11.2 Å². The van der Waals surface area contributed by atoms with E-state index in [1.165, 1.54) is 0 Å². The van der Waals surface area contributed by atoms with Crippen LogP contribution >= 0.6 is 24.0 Å². The second-order valence-corrected chi connectivity index (χ2v) is 5.08. The maximum absolute atomic E-state index is 12.0. The second kappa shape index (κ2) is 10.6. The number of nitrogens with zero attached hydrogens (tertiary/aromatic N) is 3. The SMILES string of the molecule is CN(CCc1ccccn1)C(=O)CN=C(N)Nc1ccccc1.I. The van der Waals surface area contributed by atoms with Crippen LogP contribution in [0.3, 0.4) is 0 Å². The fourth-order valence-corrected chi connectivity index (χ4v) is 1.94. The number of rotatable bonds is 6. The third kappa shape index (κ3) is 6.95. The summed E-state index contributed by atoms with van der Waals surface area (Å²) in [5, 5.41) is 2.94. The van der Waals surface area contributed by atoms with Crippen molar-refractivity contribution in [2.45, 2.75) is 6.42 Å². The molecule has 1 aromatic heterocycles. The smallest absolute Gasteiger partial charge is 0.244 e. The van der Waals surface area contributed by atoms with E-state index < -0.39 is 0 Å². The minimum atomic E-state index is -0.0845. The molecule has 2 aromatic rings. The van der Waals surface area contributed by atoms with Crippen LogP contribution in [0, 0.1) is 0 Å². The first-order chi connectivity index (χ1) is 11.1. The van der Waals surface area contributed by atoms with Crippen molar-refractivity contribution in [2.75, 3.05) is 25.5 Å². The van der Waals surface area contributed by atoms with Crippen molar-refractivity contribution < 1.29 is 4.79 Å². The Bertz CT molecular complexity index is 649. The highest BCUT2D eigenvalue weighted by Gasteiger charge is 2.08. The monoisotopic (exact) mass is 439 g/mol. The number of likely N-dealkylation sites (N-methyl/N-ethyl adjacent to an activating group) is 1. The zero-order valence-electron chi connectivity index (χ0n) is 13.6. The molecule has 1 heterocycles. The van der Waals surface area contributed by atoms with Crippen molar-refractivity contribution in [3.05, 3.63) is 60.4 Å². The molecule has 2 rings (SSSR count). The molecule has 3 N–H and O–H groups in total. The van der Waals surface area contributed by atoms with Gasteiger partial charge in [0.15, 0.2) is 5.96 Å². The van der Waals surface area contributed by atoms with E-state index in [1.807, 2.05) is 48.5 Å². The number of aliphatic imine (C=N–C) groups is 1. The number of anilines is 1. The van der Waals surface area contributed by atoms with E-state index in [4.69, 9.17) is 5.73 Å². The molecule has 0 saturated heterocycles. The van der Waals surface area contributed by atoms with E-state index in [0.717, 1.165) is 11.4 Å². The van der Waals surface area contributed by atoms with E-state index in [2.05, 4.69) is 15.3 Å². The van der Waals surface area contributed by atoms with E-state index >= 15 is 0 Å². The summed E-state index contributed by atoms with van der Waals surface area (Å²) in [6.07, 6.45) is 2.46. The maximum Gasteiger partial charge on any atom is 0.244 e. The average Bonchev–Trinajstić information content (AvgIpc) is 2.59. The van der Waals surface area contributed by atoms with Crippen molar-refractivity contribution in [3.63, 3.8) is 0 Å². The van der Waals surface area contributed by atoms with Crippen LogP contribution in [0.4, 0.5) is 5.69 Å². The Morgan fingerprint density at radius 1 is 1.21 bits per heavy atom. The van der Waals surface area contributed by atoms with Gasteiger partial charge in [-0.1, -0.05) is 24.3 Å². The van der Waals surface area contributed by atoms with E-state index in [0.29, 0.717) is 13.0 Å². The zero-order valence-corrected chi connectivity index (χ0v) is 15.9. The maximum atomic E-state index is 12.0. The Kier molecular flexibility index (Phi) is 8.77. The van der Waals surface area contributed by atoms with Gasteiger partial charge in [-0.2, -0.15) is 0 Å². The summed E-state index contributed by atoms with van der Waals surface area (Å²) >= 11 is 0. The van der Waals surface area contributed by atoms with Crippen molar-refractivity contribution >= 4 is 41.5 Å². The Morgan fingerprint density at radius 3 is 2.58 bits per heavy atom. The van der Waals surface area contributed by atoms with Gasteiger partial charge in [0.25, 0.3) is 0 Å². The predicted molar refractivity (Wildman–Crippen MR) is 108 cm³/mol. The van der Waals surface area contributed by atoms with Crippen LogP contribution < -0.4 is 11.1 Å². The molecule has 24 heavy (non-hydrogen) atoms. The molecule has 0 unspecified atom stereocenters. The van der Waals surface area contributed by atoms with Crippen molar-refractivity contribution in [3.8, 4) is 0 Å². The molecule has 7 heteroatoms. The lowest BCUT2D eigenvalue weighted by Gasteiger charge is -2.16. The minimum absolute atomic E-state index is 0. The number of benzene rings is 1. The molecule has 0 aliphatic rings. The van der Waals surface area contributed by atoms with Crippen LogP contribution in [0.25, 0.3) is 0 Å². The molecular weight excluding hydrogens is 417 g/mol. The number of hydrogen-bond donors (Lipinski definition) is 2. The molecule has 1 amide bonds. The van der Waals surface area contributed by atoms with Gasteiger partial charge in [0, 0.05) is 37.6 Å². The lowest BCUT2D eigenvalue weighted by molar-refractivity contribution is -0.128. The van der Waals surface area contributed by atoms with Crippen LogP contribution in [0.5, 0.6) is 0 Å². The first-order valence-corrected chi connectivity index (χ1v) is 7.41. The lowest BCUT2D eigenvalue weighted by Crippen LogP contribution is -2.32. The van der Waals surface area contributed by atoms with Gasteiger partial charge in [0.05, 0.1) is 0 Å². The zero-order chi connectivity index (χ0) is 16.5. The largest absolute Gasteiger partial charge is 0.370 e. The number of aromatic nitrogens is 1. The number of nitrogens with two attached hydrogens (primary N) is 1. The molecule has 0 saturated carbocycles. The number of para-hydroxylation sites is 1. The Balaban J connectivity index is 0.00000288. The highest BCUT2D eigenvalue weighted by molar-refractivity contribution is 14.0. The summed E-state index contributed by atoms with van der Waals surface area (Å²) in [6.45, 7) is 0.613. The summed E-state index contributed by atoms with van der Waals surface area (Å²) in [4.78, 5) is 22.0. The van der Waals surface area contributed by atoms with Crippen LogP contribution in [-0.4, -0.2) is 41.9 Å². The average molecular weight is 439 g/mol. The van der Waals surface area contributed by atoms with Crippen molar-refractivity contribution in [2.24, 2.45) is 10.7 Å². The minimum Gasteiger partial charge on any atom is -0.370 e. The normalized spacial score (nSPS) is 10.6. The third-order valence-corrected chi connectivity index (χ3v) is 3.29. The summed E-state index contributed by atoms with van der Waals surface area (Å²) in [6, 6.07) is 15.2. The number of hydrogen-bond acceptors (Lipinski definition) is 3. The van der Waals surface area contributed by atoms with Gasteiger partial charge in [0.1, 0.15) is 6.54 Å². The first kappa shape index (κ1) is 19.9. The van der Waals surface area contributed by atoms with E-state index in [9.17, 15) is 4.79 Å². The molecule has 0 bridgehead atoms. The van der Waals surface area contributed by atoms with Crippen molar-refractivity contribution in [1.29, 1.82) is 0 Å². The van der Waals surface area contributed by atoms with Crippen molar-refractivity contribution in [1.82, 2.24) is 9.88 Å². The molecule has 128 valence electrons. The van der Waals surface area contributed by atoms with Gasteiger partial charge >= 0.3 is 0 Å². The van der Waals surface area contributed by atoms with E-state index in [1.54, 1.807) is 18.1 Å². The number of halogens is 1. The van der Waals surface area contributed by atoms with Gasteiger partial charge in [-0.3, -0.25) is 9.78 Å².